The van der Waals surface area contributed by atoms with E-state index in [1.54, 1.807) is 37.4 Å². The van der Waals surface area contributed by atoms with Crippen molar-refractivity contribution >= 4 is 12.1 Å². The van der Waals surface area contributed by atoms with E-state index in [9.17, 15) is 4.79 Å². The van der Waals surface area contributed by atoms with Gasteiger partial charge in [-0.3, -0.25) is 4.79 Å². The maximum absolute atomic E-state index is 12.0. The normalized spacial score (nSPS) is 11.6. The van der Waals surface area contributed by atoms with Crippen LogP contribution in [0.1, 0.15) is 17.0 Å². The van der Waals surface area contributed by atoms with Crippen LogP contribution in [0.15, 0.2) is 59.7 Å². The first-order valence-electron chi connectivity index (χ1n) is 6.66. The monoisotopic (exact) mass is 293 g/mol. The van der Waals surface area contributed by atoms with Crippen molar-refractivity contribution in [3.05, 3.63) is 65.7 Å². The lowest BCUT2D eigenvalue weighted by molar-refractivity contribution is -0.121. The first-order valence-corrected chi connectivity index (χ1v) is 6.66. The van der Waals surface area contributed by atoms with Crippen LogP contribution in [0.5, 0.6) is 5.75 Å². The number of methoxy groups -OCH3 is 1. The fourth-order valence-electron chi connectivity index (χ4n) is 1.89. The number of rotatable bonds is 5. The molecule has 22 heavy (non-hydrogen) atoms. The van der Waals surface area contributed by atoms with Gasteiger partial charge in [-0.15, -0.1) is 0 Å². The Morgan fingerprint density at radius 2 is 2.05 bits per heavy atom. The molecule has 0 heterocycles. The summed E-state index contributed by atoms with van der Waals surface area (Å²) in [6.45, 7) is 0. The number of nitriles is 1. The van der Waals surface area contributed by atoms with E-state index in [1.165, 1.54) is 6.21 Å². The van der Waals surface area contributed by atoms with E-state index in [-0.39, 0.29) is 0 Å². The Morgan fingerprint density at radius 1 is 1.27 bits per heavy atom. The van der Waals surface area contributed by atoms with Gasteiger partial charge in [0.1, 0.15) is 5.75 Å². The summed E-state index contributed by atoms with van der Waals surface area (Å²) in [7, 11) is 1.58. The second kappa shape index (κ2) is 7.60. The first-order chi connectivity index (χ1) is 10.7. The standard InChI is InChI=1S/C17H15N3O2/c1-22-15-9-5-6-13(10-15)12-19-20-17(21)16(11-18)14-7-3-2-4-8-14/h2-10,12,16H,1H3,(H,20,21)/b19-12-/t16-/m0/s1. The van der Waals surface area contributed by atoms with Crippen molar-refractivity contribution in [2.24, 2.45) is 5.10 Å². The van der Waals surface area contributed by atoms with Gasteiger partial charge < -0.3 is 4.74 Å². The van der Waals surface area contributed by atoms with Crippen LogP contribution < -0.4 is 10.2 Å². The quantitative estimate of drug-likeness (QED) is 0.679. The second-order valence-electron chi connectivity index (χ2n) is 4.48. The van der Waals surface area contributed by atoms with Gasteiger partial charge >= 0.3 is 0 Å². The molecule has 0 aromatic heterocycles. The largest absolute Gasteiger partial charge is 0.497 e. The highest BCUT2D eigenvalue weighted by molar-refractivity contribution is 5.88. The van der Waals surface area contributed by atoms with Crippen LogP contribution in [0.3, 0.4) is 0 Å². The molecule has 0 saturated carbocycles. The van der Waals surface area contributed by atoms with Crippen LogP contribution in [-0.2, 0) is 4.79 Å². The molecule has 0 spiro atoms. The molecule has 0 aliphatic rings. The predicted octanol–water partition coefficient (Wildman–Crippen LogP) is 2.45. The lowest BCUT2D eigenvalue weighted by Gasteiger charge is -2.07. The second-order valence-corrected chi connectivity index (χ2v) is 4.48. The minimum atomic E-state index is -0.886. The summed E-state index contributed by atoms with van der Waals surface area (Å²) < 4.78 is 5.10. The molecule has 5 heteroatoms. The molecule has 0 saturated heterocycles. The van der Waals surface area contributed by atoms with Gasteiger partial charge in [0, 0.05) is 0 Å². The van der Waals surface area contributed by atoms with Crippen LogP contribution in [0.4, 0.5) is 0 Å². The molecule has 0 unspecified atom stereocenters. The van der Waals surface area contributed by atoms with E-state index in [0.29, 0.717) is 11.3 Å². The number of benzene rings is 2. The van der Waals surface area contributed by atoms with Crippen LogP contribution >= 0.6 is 0 Å². The smallest absolute Gasteiger partial charge is 0.261 e. The Kier molecular flexibility index (Phi) is 5.27. The molecule has 110 valence electrons. The van der Waals surface area contributed by atoms with Crippen molar-refractivity contribution in [2.75, 3.05) is 7.11 Å². The molecule has 0 radical (unpaired) electrons. The third kappa shape index (κ3) is 3.93. The number of hydrogen-bond acceptors (Lipinski definition) is 4. The van der Waals surface area contributed by atoms with Crippen LogP contribution in [-0.4, -0.2) is 19.2 Å². The SMILES string of the molecule is COc1cccc(/C=N\NC(=O)[C@@H](C#N)c2ccccc2)c1. The molecule has 2 aromatic rings. The number of hydrogen-bond donors (Lipinski definition) is 1. The molecule has 5 nitrogen and oxygen atoms in total. The van der Waals surface area contributed by atoms with E-state index in [2.05, 4.69) is 10.5 Å². The molecular formula is C17H15N3O2. The van der Waals surface area contributed by atoms with Crippen molar-refractivity contribution in [3.63, 3.8) is 0 Å². The van der Waals surface area contributed by atoms with Gasteiger partial charge in [0.15, 0.2) is 5.92 Å². The third-order valence-electron chi connectivity index (χ3n) is 3.01. The van der Waals surface area contributed by atoms with Gasteiger partial charge in [0.25, 0.3) is 5.91 Å². The molecule has 0 fully saturated rings. The van der Waals surface area contributed by atoms with Crippen molar-refractivity contribution in [1.82, 2.24) is 5.43 Å². The maximum atomic E-state index is 12.0. The number of nitrogens with one attached hydrogen (secondary N) is 1. The zero-order valence-electron chi connectivity index (χ0n) is 12.1. The minimum absolute atomic E-state index is 0.465. The van der Waals surface area contributed by atoms with E-state index in [4.69, 9.17) is 10.00 Å². The number of carbonyl (C=O) groups is 1. The van der Waals surface area contributed by atoms with Crippen LogP contribution in [0, 0.1) is 11.3 Å². The van der Waals surface area contributed by atoms with Gasteiger partial charge in [-0.05, 0) is 23.3 Å². The lowest BCUT2D eigenvalue weighted by atomic mass is 10.0. The molecule has 1 atom stereocenters. The van der Waals surface area contributed by atoms with Crippen LogP contribution in [0.2, 0.25) is 0 Å². The lowest BCUT2D eigenvalue weighted by Crippen LogP contribution is -2.24. The average molecular weight is 293 g/mol. The molecule has 2 aromatic carbocycles. The Morgan fingerprint density at radius 3 is 2.73 bits per heavy atom. The summed E-state index contributed by atoms with van der Waals surface area (Å²) in [5, 5.41) is 13.0. The molecule has 0 bridgehead atoms. The summed E-state index contributed by atoms with van der Waals surface area (Å²) >= 11 is 0. The zero-order valence-corrected chi connectivity index (χ0v) is 12.1. The number of carbonyl (C=O) groups excluding carboxylic acids is 1. The molecular weight excluding hydrogens is 278 g/mol. The molecule has 0 aliphatic heterocycles. The van der Waals surface area contributed by atoms with E-state index in [1.807, 2.05) is 30.3 Å². The Bertz CT molecular complexity index is 705. The topological polar surface area (TPSA) is 74.5 Å². The summed E-state index contributed by atoms with van der Waals surface area (Å²) in [5.41, 5.74) is 3.81. The van der Waals surface area contributed by atoms with Gasteiger partial charge in [-0.25, -0.2) is 5.43 Å². The number of nitrogens with zero attached hydrogens (tertiary/aromatic N) is 2. The fourth-order valence-corrected chi connectivity index (χ4v) is 1.89. The molecule has 1 N–H and O–H groups in total. The Labute approximate surface area is 128 Å². The minimum Gasteiger partial charge on any atom is -0.497 e. The molecule has 1 amide bonds. The summed E-state index contributed by atoms with van der Waals surface area (Å²) in [6, 6.07) is 18.1. The van der Waals surface area contributed by atoms with Crippen molar-refractivity contribution in [3.8, 4) is 11.8 Å². The highest BCUT2D eigenvalue weighted by Crippen LogP contribution is 2.14. The number of amides is 1. The van der Waals surface area contributed by atoms with Gasteiger partial charge in [0.05, 0.1) is 19.4 Å². The average Bonchev–Trinajstić information content (AvgIpc) is 2.57. The first kappa shape index (κ1) is 15.3. The Balaban J connectivity index is 2.02. The summed E-state index contributed by atoms with van der Waals surface area (Å²) in [5.74, 6) is -0.647. The van der Waals surface area contributed by atoms with Crippen molar-refractivity contribution in [1.29, 1.82) is 5.26 Å². The summed E-state index contributed by atoms with van der Waals surface area (Å²) in [6.07, 6.45) is 1.50. The van der Waals surface area contributed by atoms with E-state index >= 15 is 0 Å². The van der Waals surface area contributed by atoms with Crippen molar-refractivity contribution < 1.29 is 9.53 Å². The maximum Gasteiger partial charge on any atom is 0.261 e. The fraction of sp³-hybridized carbons (Fsp3) is 0.118. The highest BCUT2D eigenvalue weighted by atomic mass is 16.5. The highest BCUT2D eigenvalue weighted by Gasteiger charge is 2.19. The molecule has 0 aliphatic carbocycles. The van der Waals surface area contributed by atoms with Crippen molar-refractivity contribution in [2.45, 2.75) is 5.92 Å². The van der Waals surface area contributed by atoms with E-state index in [0.717, 1.165) is 5.56 Å². The van der Waals surface area contributed by atoms with Gasteiger partial charge in [0.2, 0.25) is 0 Å². The van der Waals surface area contributed by atoms with Crippen LogP contribution in [0.25, 0.3) is 0 Å². The number of ether oxygens (including phenoxy) is 1. The Hall–Kier alpha value is -3.13. The van der Waals surface area contributed by atoms with Gasteiger partial charge in [-0.1, -0.05) is 42.5 Å². The van der Waals surface area contributed by atoms with Gasteiger partial charge in [-0.2, -0.15) is 10.4 Å². The molecule has 2 rings (SSSR count). The number of hydrazone groups is 1. The summed E-state index contributed by atoms with van der Waals surface area (Å²) in [4.78, 5) is 12.0. The third-order valence-corrected chi connectivity index (χ3v) is 3.01. The zero-order chi connectivity index (χ0) is 15.8. The predicted molar refractivity (Wildman–Crippen MR) is 83.5 cm³/mol. The van der Waals surface area contributed by atoms with E-state index < -0.39 is 11.8 Å².